The zero-order chi connectivity index (χ0) is 9.11. The number of unbranched alkanes of at least 4 members (excludes halogenated alkanes) is 1. The topological polar surface area (TPSA) is 23.8 Å². The summed E-state index contributed by atoms with van der Waals surface area (Å²) >= 11 is 1.75. The van der Waals surface area contributed by atoms with Crippen molar-refractivity contribution in [3.63, 3.8) is 0 Å². The number of hydrogen-bond donors (Lipinski definition) is 0. The van der Waals surface area contributed by atoms with Crippen molar-refractivity contribution >= 4 is 9.19 Å². The van der Waals surface area contributed by atoms with Crippen molar-refractivity contribution in [2.45, 2.75) is 39.5 Å². The molecule has 0 saturated heterocycles. The minimum atomic E-state index is 0.622. The van der Waals surface area contributed by atoms with Crippen molar-refractivity contribution in [3.05, 3.63) is 5.73 Å². The second-order valence-electron chi connectivity index (χ2n) is 2.62. The number of halogens is 1. The number of nitrogens with one attached hydrogen (secondary N) is 1. The molecule has 0 spiro atoms. The van der Waals surface area contributed by atoms with Gasteiger partial charge in [-0.2, -0.15) is 0 Å². The maximum absolute atomic E-state index is 7.14. The fourth-order valence-corrected chi connectivity index (χ4v) is 0.943. The minimum absolute atomic E-state index is 0.622. The van der Waals surface area contributed by atoms with E-state index in [-0.39, 0.29) is 0 Å². The average Bonchev–Trinajstić information content (AvgIpc) is 2.10. The van der Waals surface area contributed by atoms with Gasteiger partial charge in [0.15, 0.2) is 0 Å². The molecule has 0 bridgehead atoms. The molecule has 0 saturated carbocycles. The molecular weight excluding hydrogens is 343 g/mol. The molecule has 0 aliphatic rings. The van der Waals surface area contributed by atoms with Crippen LogP contribution in [0.3, 0.4) is 0 Å². The van der Waals surface area contributed by atoms with Gasteiger partial charge in [-0.3, -0.25) is 0 Å². The van der Waals surface area contributed by atoms with Gasteiger partial charge in [0, 0.05) is 0 Å². The van der Waals surface area contributed by atoms with Gasteiger partial charge in [0.25, 0.3) is 0 Å². The molecule has 1 N–H and O–H groups in total. The van der Waals surface area contributed by atoms with Crippen LogP contribution in [0.25, 0.3) is 5.73 Å². The second-order valence-corrected chi connectivity index (χ2v) is 2.62. The molecule has 3 heteroatoms. The Hall–Kier alpha value is 0.990. The van der Waals surface area contributed by atoms with E-state index in [2.05, 4.69) is 23.0 Å². The predicted octanol–water partition coefficient (Wildman–Crippen LogP) is 3.94. The molecular formula is C8H18AuClN-. The van der Waals surface area contributed by atoms with Crippen LogP contribution in [0.5, 0.6) is 0 Å². The molecule has 1 atom stereocenters. The van der Waals surface area contributed by atoms with Crippen LogP contribution in [0.1, 0.15) is 39.5 Å². The molecule has 0 aromatic heterocycles. The van der Waals surface area contributed by atoms with E-state index in [0.29, 0.717) is 12.5 Å². The Morgan fingerprint density at radius 3 is 2.18 bits per heavy atom. The summed E-state index contributed by atoms with van der Waals surface area (Å²) in [5, 5.41) is 0. The quantitative estimate of drug-likeness (QED) is 0.663. The third-order valence-electron chi connectivity index (χ3n) is 1.83. The molecule has 11 heavy (non-hydrogen) atoms. The van der Waals surface area contributed by atoms with E-state index in [0.717, 1.165) is 0 Å². The van der Waals surface area contributed by atoms with Crippen molar-refractivity contribution in [3.8, 4) is 0 Å². The van der Waals surface area contributed by atoms with Crippen LogP contribution in [-0.2, 0) is 20.0 Å². The van der Waals surface area contributed by atoms with E-state index in [9.17, 15) is 0 Å². The van der Waals surface area contributed by atoms with Crippen molar-refractivity contribution in [1.82, 2.24) is 0 Å². The van der Waals surface area contributed by atoms with Crippen LogP contribution >= 0.6 is 9.19 Å². The summed E-state index contributed by atoms with van der Waals surface area (Å²) in [5.41, 5.74) is 7.14. The standard InChI is InChI=1S/C8H18N.Au.ClH/c1-3-5-6-8(4-2)7-9;;/h8-9H,3-7H2,1-2H3;;1H/q-1;+1;/p-1. The van der Waals surface area contributed by atoms with Crippen molar-refractivity contribution in [1.29, 1.82) is 0 Å². The first-order valence-corrected chi connectivity index (χ1v) is 6.79. The fraction of sp³-hybridized carbons (Fsp3) is 1.00. The third kappa shape index (κ3) is 11.0. The molecule has 0 radical (unpaired) electrons. The summed E-state index contributed by atoms with van der Waals surface area (Å²) in [6.45, 7) is 5.00. The average molecular weight is 361 g/mol. The van der Waals surface area contributed by atoms with E-state index >= 15 is 0 Å². The Morgan fingerprint density at radius 1 is 1.36 bits per heavy atom. The van der Waals surface area contributed by atoms with Crippen LogP contribution in [0.2, 0.25) is 0 Å². The van der Waals surface area contributed by atoms with Gasteiger partial charge in [0.05, 0.1) is 0 Å². The molecule has 74 valence electrons. The first kappa shape index (κ1) is 14.5. The molecule has 1 nitrogen and oxygen atoms in total. The van der Waals surface area contributed by atoms with Gasteiger partial charge in [0.1, 0.15) is 0 Å². The molecule has 0 fully saturated rings. The van der Waals surface area contributed by atoms with Crippen LogP contribution in [0, 0.1) is 5.92 Å². The van der Waals surface area contributed by atoms with Crippen molar-refractivity contribution in [2.75, 3.05) is 6.54 Å². The summed E-state index contributed by atoms with van der Waals surface area (Å²) in [5.74, 6) is 0.671. The van der Waals surface area contributed by atoms with Crippen LogP contribution in [0.15, 0.2) is 0 Å². The van der Waals surface area contributed by atoms with Gasteiger partial charge in [0.2, 0.25) is 0 Å². The molecule has 0 aliphatic carbocycles. The van der Waals surface area contributed by atoms with Gasteiger partial charge in [-0.15, -0.1) is 6.54 Å². The van der Waals surface area contributed by atoms with E-state index in [1.165, 1.54) is 25.7 Å². The summed E-state index contributed by atoms with van der Waals surface area (Å²) in [4.78, 5) is 0. The fourth-order valence-electron chi connectivity index (χ4n) is 0.943. The predicted molar refractivity (Wildman–Crippen MR) is 48.3 cm³/mol. The van der Waals surface area contributed by atoms with Gasteiger partial charge < -0.3 is 5.73 Å². The Bertz CT molecular complexity index is 58.1. The third-order valence-corrected chi connectivity index (χ3v) is 1.83. The molecule has 0 amide bonds. The Labute approximate surface area is 86.8 Å². The van der Waals surface area contributed by atoms with E-state index < -0.39 is 0 Å². The van der Waals surface area contributed by atoms with E-state index in [1.54, 1.807) is 20.0 Å². The number of rotatable bonds is 5. The zero-order valence-corrected chi connectivity index (χ0v) is 10.2. The van der Waals surface area contributed by atoms with Gasteiger partial charge in [-0.05, 0) is 0 Å². The van der Waals surface area contributed by atoms with Gasteiger partial charge >= 0.3 is 29.2 Å². The van der Waals surface area contributed by atoms with Crippen molar-refractivity contribution < 1.29 is 20.0 Å². The summed E-state index contributed by atoms with van der Waals surface area (Å²) in [7, 11) is 4.58. The molecule has 0 rings (SSSR count). The Morgan fingerprint density at radius 2 is 1.91 bits per heavy atom. The molecule has 0 aromatic rings. The normalized spacial score (nSPS) is 11.8. The molecule has 0 aliphatic heterocycles. The van der Waals surface area contributed by atoms with Crippen molar-refractivity contribution in [2.24, 2.45) is 5.92 Å². The van der Waals surface area contributed by atoms with Crippen LogP contribution in [0.4, 0.5) is 0 Å². The van der Waals surface area contributed by atoms with E-state index in [1.807, 2.05) is 0 Å². The summed E-state index contributed by atoms with van der Waals surface area (Å²) in [6.07, 6.45) is 5.02. The van der Waals surface area contributed by atoms with Gasteiger partial charge in [-0.1, -0.05) is 45.4 Å². The first-order chi connectivity index (χ1) is 5.35. The Balaban J connectivity index is 0. The Kier molecular flexibility index (Phi) is 17.9. The summed E-state index contributed by atoms with van der Waals surface area (Å²) < 4.78 is 0. The zero-order valence-electron chi connectivity index (χ0n) is 7.29. The van der Waals surface area contributed by atoms with E-state index in [4.69, 9.17) is 5.73 Å². The second kappa shape index (κ2) is 13.6. The van der Waals surface area contributed by atoms with Gasteiger partial charge in [-0.25, -0.2) is 0 Å². The number of hydrogen-bond acceptors (Lipinski definition) is 0. The first-order valence-electron chi connectivity index (χ1n) is 4.11. The van der Waals surface area contributed by atoms with Crippen LogP contribution in [-0.4, -0.2) is 6.54 Å². The molecule has 0 heterocycles. The summed E-state index contributed by atoms with van der Waals surface area (Å²) in [6, 6.07) is 0. The van der Waals surface area contributed by atoms with Crippen LogP contribution < -0.4 is 0 Å². The molecule has 1 unspecified atom stereocenters. The monoisotopic (exact) mass is 360 g/mol. The SMILES string of the molecule is CCCCC(CC)C[NH-].[Cl][Au]. The maximum atomic E-state index is 7.14. The molecule has 0 aromatic carbocycles.